The fourth-order valence-electron chi connectivity index (χ4n) is 1.69. The second-order valence-corrected chi connectivity index (χ2v) is 3.88. The van der Waals surface area contributed by atoms with Gasteiger partial charge in [-0.05, 0) is 19.9 Å². The van der Waals surface area contributed by atoms with Crippen LogP contribution in [-0.4, -0.2) is 18.1 Å². The van der Waals surface area contributed by atoms with Crippen LogP contribution in [0, 0.1) is 10.1 Å². The monoisotopic (exact) mass is 250 g/mol. The van der Waals surface area contributed by atoms with Gasteiger partial charge in [-0.25, -0.2) is 0 Å². The molecule has 0 amide bonds. The Morgan fingerprint density at radius 1 is 1.56 bits per heavy atom. The summed E-state index contributed by atoms with van der Waals surface area (Å²) in [7, 11) is 0. The first-order valence-corrected chi connectivity index (χ1v) is 5.86. The molecule has 98 valence electrons. The molecule has 0 aliphatic rings. The highest BCUT2D eigenvalue weighted by atomic mass is 16.6. The molecule has 1 rings (SSSR count). The Hall–Kier alpha value is -1.88. The third kappa shape index (κ3) is 4.18. The van der Waals surface area contributed by atoms with E-state index in [1.54, 1.807) is 18.2 Å². The van der Waals surface area contributed by atoms with Gasteiger partial charge >= 0.3 is 0 Å². The van der Waals surface area contributed by atoms with Crippen molar-refractivity contribution in [2.75, 3.05) is 13.2 Å². The maximum absolute atomic E-state index is 10.9. The normalized spacial score (nSPS) is 11.8. The molecule has 1 aromatic rings. The van der Waals surface area contributed by atoms with Crippen molar-refractivity contribution in [3.05, 3.63) is 52.8 Å². The molecule has 0 heterocycles. The number of hydrogen-bond donors (Lipinski definition) is 1. The van der Waals surface area contributed by atoms with Crippen molar-refractivity contribution in [2.24, 2.45) is 0 Å². The molecule has 5 heteroatoms. The van der Waals surface area contributed by atoms with E-state index in [2.05, 4.69) is 11.9 Å². The van der Waals surface area contributed by atoms with Crippen LogP contribution in [0.4, 0.5) is 5.69 Å². The van der Waals surface area contributed by atoms with Gasteiger partial charge in [-0.15, -0.1) is 0 Å². The number of benzene rings is 1. The maximum atomic E-state index is 10.9. The van der Waals surface area contributed by atoms with E-state index in [-0.39, 0.29) is 16.7 Å². The summed E-state index contributed by atoms with van der Waals surface area (Å²) in [5, 5.41) is 14.1. The van der Waals surface area contributed by atoms with Crippen LogP contribution in [-0.2, 0) is 4.74 Å². The van der Waals surface area contributed by atoms with E-state index in [0.29, 0.717) is 12.2 Å². The average molecular weight is 250 g/mol. The third-order valence-electron chi connectivity index (χ3n) is 2.61. The fourth-order valence-corrected chi connectivity index (χ4v) is 1.69. The van der Waals surface area contributed by atoms with Gasteiger partial charge in [0, 0.05) is 17.7 Å². The summed E-state index contributed by atoms with van der Waals surface area (Å²) in [6.07, 6.45) is 2.24. The van der Waals surface area contributed by atoms with Crippen LogP contribution in [0.2, 0.25) is 0 Å². The minimum Gasteiger partial charge on any atom is -0.502 e. The molecule has 0 radical (unpaired) electrons. The van der Waals surface area contributed by atoms with Crippen LogP contribution in [0.1, 0.15) is 24.9 Å². The van der Waals surface area contributed by atoms with E-state index in [9.17, 15) is 10.1 Å². The molecule has 1 N–H and O–H groups in total. The molecule has 0 aliphatic carbocycles. The van der Waals surface area contributed by atoms with Crippen molar-refractivity contribution in [1.82, 2.24) is 5.32 Å². The summed E-state index contributed by atoms with van der Waals surface area (Å²) in [6.45, 7) is 6.70. The number of nitrogens with zero attached hydrogens (tertiary/aromatic N) is 1. The Labute approximate surface area is 107 Å². The molecule has 18 heavy (non-hydrogen) atoms. The first kappa shape index (κ1) is 14.2. The molecule has 0 saturated heterocycles. The Morgan fingerprint density at radius 2 is 2.28 bits per heavy atom. The van der Waals surface area contributed by atoms with E-state index in [0.717, 1.165) is 13.0 Å². The van der Waals surface area contributed by atoms with Crippen LogP contribution in [0.3, 0.4) is 0 Å². The van der Waals surface area contributed by atoms with Crippen molar-refractivity contribution >= 4 is 5.69 Å². The van der Waals surface area contributed by atoms with Crippen molar-refractivity contribution in [3.63, 3.8) is 0 Å². The number of para-hydroxylation sites is 1. The van der Waals surface area contributed by atoms with Crippen LogP contribution < -0.4 is 5.32 Å². The molecule has 1 atom stereocenters. The van der Waals surface area contributed by atoms with Crippen molar-refractivity contribution < 1.29 is 9.66 Å². The molecular weight excluding hydrogens is 232 g/mol. The largest absolute Gasteiger partial charge is 0.502 e. The predicted octanol–water partition coefficient (Wildman–Crippen LogP) is 2.80. The van der Waals surface area contributed by atoms with E-state index < -0.39 is 0 Å². The van der Waals surface area contributed by atoms with E-state index in [1.807, 2.05) is 6.92 Å². The minimum atomic E-state index is -0.353. The van der Waals surface area contributed by atoms with Gasteiger partial charge in [0.1, 0.15) is 0 Å². The molecular formula is C13H18N2O3. The van der Waals surface area contributed by atoms with Gasteiger partial charge in [-0.3, -0.25) is 10.1 Å². The van der Waals surface area contributed by atoms with Gasteiger partial charge in [-0.2, -0.15) is 0 Å². The van der Waals surface area contributed by atoms with Gasteiger partial charge in [0.15, 0.2) is 0 Å². The van der Waals surface area contributed by atoms with E-state index >= 15 is 0 Å². The van der Waals surface area contributed by atoms with Crippen molar-refractivity contribution in [2.45, 2.75) is 19.4 Å². The van der Waals surface area contributed by atoms with Gasteiger partial charge in [0.25, 0.3) is 5.69 Å². The quantitative estimate of drug-likeness (QED) is 0.333. The standard InChI is InChI=1S/C13H18N2O3/c1-3-18-10-6-9-14-11(2)12-7-4-5-8-13(12)15(16)17/h3-5,7-8,11,14H,1,6,9-10H2,2H3. The number of nitrogens with one attached hydrogen (secondary N) is 1. The highest BCUT2D eigenvalue weighted by Gasteiger charge is 2.17. The molecule has 0 aliphatic heterocycles. The highest BCUT2D eigenvalue weighted by Crippen LogP contribution is 2.24. The summed E-state index contributed by atoms with van der Waals surface area (Å²) in [6, 6.07) is 6.72. The zero-order chi connectivity index (χ0) is 13.4. The Bertz CT molecular complexity index is 407. The van der Waals surface area contributed by atoms with Crippen LogP contribution in [0.25, 0.3) is 0 Å². The summed E-state index contributed by atoms with van der Waals surface area (Å²) >= 11 is 0. The average Bonchev–Trinajstić information content (AvgIpc) is 2.38. The maximum Gasteiger partial charge on any atom is 0.274 e. The van der Waals surface area contributed by atoms with Gasteiger partial charge in [0.05, 0.1) is 17.8 Å². The van der Waals surface area contributed by atoms with Gasteiger partial charge in [0.2, 0.25) is 0 Å². The van der Waals surface area contributed by atoms with Crippen LogP contribution in [0.15, 0.2) is 37.1 Å². The molecule has 1 unspecified atom stereocenters. The van der Waals surface area contributed by atoms with E-state index in [4.69, 9.17) is 4.74 Å². The minimum absolute atomic E-state index is 0.0599. The molecule has 1 aromatic carbocycles. The summed E-state index contributed by atoms with van der Waals surface area (Å²) in [4.78, 5) is 10.5. The zero-order valence-electron chi connectivity index (χ0n) is 10.5. The second kappa shape index (κ2) is 7.45. The number of rotatable bonds is 8. The summed E-state index contributed by atoms with van der Waals surface area (Å²) < 4.78 is 5.00. The Balaban J connectivity index is 2.53. The summed E-state index contributed by atoms with van der Waals surface area (Å²) in [5.41, 5.74) is 0.854. The lowest BCUT2D eigenvalue weighted by Gasteiger charge is -2.14. The van der Waals surface area contributed by atoms with Crippen molar-refractivity contribution in [3.8, 4) is 0 Å². The third-order valence-corrected chi connectivity index (χ3v) is 2.61. The molecule has 0 aromatic heterocycles. The Morgan fingerprint density at radius 3 is 2.94 bits per heavy atom. The topological polar surface area (TPSA) is 64.4 Å². The number of hydrogen-bond acceptors (Lipinski definition) is 4. The smallest absolute Gasteiger partial charge is 0.274 e. The fraction of sp³-hybridized carbons (Fsp3) is 0.385. The lowest BCUT2D eigenvalue weighted by atomic mass is 10.1. The Kier molecular flexibility index (Phi) is 5.87. The van der Waals surface area contributed by atoms with Crippen LogP contribution >= 0.6 is 0 Å². The van der Waals surface area contributed by atoms with Crippen molar-refractivity contribution in [1.29, 1.82) is 0 Å². The molecule has 0 fully saturated rings. The molecule has 0 saturated carbocycles. The SMILES string of the molecule is C=COCCCNC(C)c1ccccc1[N+](=O)[O-]. The lowest BCUT2D eigenvalue weighted by Crippen LogP contribution is -2.21. The first-order valence-electron chi connectivity index (χ1n) is 5.86. The molecule has 0 bridgehead atoms. The lowest BCUT2D eigenvalue weighted by molar-refractivity contribution is -0.385. The molecule has 5 nitrogen and oxygen atoms in total. The van der Waals surface area contributed by atoms with E-state index in [1.165, 1.54) is 12.3 Å². The second-order valence-electron chi connectivity index (χ2n) is 3.88. The number of ether oxygens (including phenoxy) is 1. The predicted molar refractivity (Wildman–Crippen MR) is 70.3 cm³/mol. The highest BCUT2D eigenvalue weighted by molar-refractivity contribution is 5.41. The van der Waals surface area contributed by atoms with Crippen LogP contribution in [0.5, 0.6) is 0 Å². The number of nitro benzene ring substituents is 1. The first-order chi connectivity index (χ1) is 8.66. The summed E-state index contributed by atoms with van der Waals surface area (Å²) in [5.74, 6) is 0. The van der Waals surface area contributed by atoms with Gasteiger partial charge < -0.3 is 10.1 Å². The number of nitro groups is 1. The molecule has 0 spiro atoms. The zero-order valence-corrected chi connectivity index (χ0v) is 10.5. The van der Waals surface area contributed by atoms with Gasteiger partial charge in [-0.1, -0.05) is 24.8 Å².